The zero-order chi connectivity index (χ0) is 59.2. The van der Waals surface area contributed by atoms with E-state index in [1.807, 2.05) is 0 Å². The van der Waals surface area contributed by atoms with Gasteiger partial charge < -0.3 is 14.2 Å². The van der Waals surface area contributed by atoms with Crippen molar-refractivity contribution in [2.24, 2.45) is 0 Å². The molecule has 0 aromatic rings. The average molecular weight is 1140 g/mol. The van der Waals surface area contributed by atoms with E-state index in [1.54, 1.807) is 0 Å². The lowest BCUT2D eigenvalue weighted by atomic mass is 10.0. The Labute approximate surface area is 509 Å². The maximum atomic E-state index is 13.0. The van der Waals surface area contributed by atoms with Gasteiger partial charge in [0.1, 0.15) is 13.2 Å². The summed E-state index contributed by atoms with van der Waals surface area (Å²) in [4.78, 5) is 38.5. The molecule has 0 heterocycles. The zero-order valence-corrected chi connectivity index (χ0v) is 54.5. The van der Waals surface area contributed by atoms with Gasteiger partial charge in [0.15, 0.2) is 6.10 Å². The van der Waals surface area contributed by atoms with Gasteiger partial charge in [0.05, 0.1) is 0 Å². The first-order valence-electron chi connectivity index (χ1n) is 35.6. The summed E-state index contributed by atoms with van der Waals surface area (Å²) in [6, 6.07) is 0. The van der Waals surface area contributed by atoms with Gasteiger partial charge in [0.2, 0.25) is 0 Å². The Morgan fingerprint density at radius 1 is 0.256 bits per heavy atom. The number of unbranched alkanes of at least 4 members (excludes halogenated alkanes) is 40. The van der Waals surface area contributed by atoms with Crippen LogP contribution >= 0.6 is 0 Å². The highest BCUT2D eigenvalue weighted by Gasteiger charge is 2.19. The Hall–Kier alpha value is -3.41. The van der Waals surface area contributed by atoms with Crippen LogP contribution in [0.15, 0.2) is 85.1 Å². The Morgan fingerprint density at radius 2 is 0.476 bits per heavy atom. The fraction of sp³-hybridized carbons (Fsp3) is 0.776. The fourth-order valence-corrected chi connectivity index (χ4v) is 10.3. The molecule has 0 aromatic carbocycles. The van der Waals surface area contributed by atoms with Crippen LogP contribution in [0.4, 0.5) is 0 Å². The molecule has 0 aliphatic carbocycles. The van der Waals surface area contributed by atoms with E-state index in [0.717, 1.165) is 96.3 Å². The third-order valence-corrected chi connectivity index (χ3v) is 15.6. The highest BCUT2D eigenvalue weighted by Crippen LogP contribution is 2.17. The van der Waals surface area contributed by atoms with E-state index in [0.29, 0.717) is 19.3 Å². The number of carbonyl (C=O) groups is 3. The summed E-state index contributed by atoms with van der Waals surface area (Å²) in [6.45, 7) is 6.55. The van der Waals surface area contributed by atoms with Gasteiger partial charge in [0, 0.05) is 19.3 Å². The van der Waals surface area contributed by atoms with Crippen molar-refractivity contribution in [3.8, 4) is 0 Å². The molecular weight excluding hydrogens is 1010 g/mol. The predicted molar refractivity (Wildman–Crippen MR) is 358 cm³/mol. The molecule has 0 bridgehead atoms. The molecule has 1 atom stereocenters. The number of hydrogen-bond acceptors (Lipinski definition) is 6. The van der Waals surface area contributed by atoms with Gasteiger partial charge in [-0.25, -0.2) is 0 Å². The van der Waals surface area contributed by atoms with E-state index in [1.165, 1.54) is 225 Å². The number of carbonyl (C=O) groups excluding carboxylic acids is 3. The second kappa shape index (κ2) is 70.1. The lowest BCUT2D eigenvalue weighted by Crippen LogP contribution is -2.30. The Balaban J connectivity index is 4.28. The molecule has 82 heavy (non-hydrogen) atoms. The summed E-state index contributed by atoms with van der Waals surface area (Å²) in [5.41, 5.74) is 0. The molecule has 0 amide bonds. The van der Waals surface area contributed by atoms with Crippen LogP contribution in [0.1, 0.15) is 361 Å². The molecule has 0 saturated heterocycles. The van der Waals surface area contributed by atoms with Crippen molar-refractivity contribution in [3.05, 3.63) is 85.1 Å². The minimum Gasteiger partial charge on any atom is -0.462 e. The molecule has 474 valence electrons. The van der Waals surface area contributed by atoms with Crippen molar-refractivity contribution in [2.75, 3.05) is 13.2 Å². The van der Waals surface area contributed by atoms with E-state index in [-0.39, 0.29) is 31.1 Å². The van der Waals surface area contributed by atoms with E-state index in [2.05, 4.69) is 106 Å². The molecule has 0 fully saturated rings. The highest BCUT2D eigenvalue weighted by atomic mass is 16.6. The summed E-state index contributed by atoms with van der Waals surface area (Å²) in [5, 5.41) is 0. The molecule has 6 heteroatoms. The topological polar surface area (TPSA) is 78.9 Å². The van der Waals surface area contributed by atoms with Gasteiger partial charge in [-0.2, -0.15) is 0 Å². The molecule has 0 radical (unpaired) electrons. The van der Waals surface area contributed by atoms with Gasteiger partial charge in [-0.15, -0.1) is 0 Å². The molecule has 0 saturated carbocycles. The second-order valence-electron chi connectivity index (χ2n) is 23.8. The SMILES string of the molecule is CC/C=C\C/C=C\C/C=C\C/C=C\CCCCCCCCCCCCC(=O)OC(COC(=O)CCCCCCC/C=C\CCCCCCC)COC(=O)CCCCCCCCCCCCCCCCC/C=C\C/C=C\CCCCCCC. The Kier molecular flexibility index (Phi) is 67.2. The van der Waals surface area contributed by atoms with Crippen LogP contribution < -0.4 is 0 Å². The maximum absolute atomic E-state index is 13.0. The number of allylic oxidation sites excluding steroid dienone is 14. The van der Waals surface area contributed by atoms with Crippen LogP contribution in [0.5, 0.6) is 0 Å². The van der Waals surface area contributed by atoms with Gasteiger partial charge in [0.25, 0.3) is 0 Å². The van der Waals surface area contributed by atoms with Gasteiger partial charge in [-0.3, -0.25) is 14.4 Å². The Bertz CT molecular complexity index is 1550. The van der Waals surface area contributed by atoms with Gasteiger partial charge >= 0.3 is 17.9 Å². The molecule has 0 aliphatic rings. The molecule has 0 aliphatic heterocycles. The molecule has 1 unspecified atom stereocenters. The normalized spacial score (nSPS) is 12.6. The van der Waals surface area contributed by atoms with Gasteiger partial charge in [-0.05, 0) is 116 Å². The van der Waals surface area contributed by atoms with Crippen LogP contribution in [0.25, 0.3) is 0 Å². The molecule has 0 aromatic heterocycles. The summed E-state index contributed by atoms with van der Waals surface area (Å²) < 4.78 is 17.0. The molecular formula is C76H134O6. The van der Waals surface area contributed by atoms with Crippen LogP contribution in [0.2, 0.25) is 0 Å². The second-order valence-corrected chi connectivity index (χ2v) is 23.8. The fourth-order valence-electron chi connectivity index (χ4n) is 10.3. The number of hydrogen-bond donors (Lipinski definition) is 0. The summed E-state index contributed by atoms with van der Waals surface area (Å²) in [7, 11) is 0. The number of ether oxygens (including phenoxy) is 3. The monoisotopic (exact) mass is 1140 g/mol. The van der Waals surface area contributed by atoms with Crippen molar-refractivity contribution in [2.45, 2.75) is 367 Å². The van der Waals surface area contributed by atoms with Crippen LogP contribution in [-0.2, 0) is 28.6 Å². The average Bonchev–Trinajstić information content (AvgIpc) is 3.47. The third-order valence-electron chi connectivity index (χ3n) is 15.6. The van der Waals surface area contributed by atoms with Crippen LogP contribution in [-0.4, -0.2) is 37.2 Å². The van der Waals surface area contributed by atoms with E-state index in [9.17, 15) is 14.4 Å². The maximum Gasteiger partial charge on any atom is 0.306 e. The minimum atomic E-state index is -0.784. The largest absolute Gasteiger partial charge is 0.462 e. The molecule has 0 rings (SSSR count). The molecule has 0 spiro atoms. The standard InChI is InChI=1S/C76H134O6/c1-4-7-10-13-16-19-22-25-28-30-32-34-36-37-38-39-41-42-44-46-48-51-54-57-60-63-66-69-75(78)81-72-73(71-80-74(77)68-65-62-59-56-53-50-27-24-21-18-15-12-9-6-3)82-76(79)70-67-64-61-58-55-52-49-47-45-43-40-35-33-31-29-26-23-20-17-14-11-8-5-2/h8,11,17,20,22,24-27,29-30,32-33,35,73H,4-7,9-10,12-16,18-19,21,23,28,31,34,36-72H2,1-3H3/b11-8-,20-17-,25-22-,27-24-,29-26-,32-30-,35-33-. The lowest BCUT2D eigenvalue weighted by Gasteiger charge is -2.18. The quantitative estimate of drug-likeness (QED) is 0.0261. The van der Waals surface area contributed by atoms with Crippen molar-refractivity contribution in [1.29, 1.82) is 0 Å². The lowest BCUT2D eigenvalue weighted by molar-refractivity contribution is -0.167. The summed E-state index contributed by atoms with van der Waals surface area (Å²) in [6.07, 6.45) is 93.2. The van der Waals surface area contributed by atoms with Crippen LogP contribution in [0, 0.1) is 0 Å². The summed E-state index contributed by atoms with van der Waals surface area (Å²) in [5.74, 6) is -0.873. The Morgan fingerprint density at radius 3 is 0.756 bits per heavy atom. The zero-order valence-electron chi connectivity index (χ0n) is 54.5. The third kappa shape index (κ3) is 67.4. The number of esters is 3. The van der Waals surface area contributed by atoms with E-state index >= 15 is 0 Å². The first-order chi connectivity index (χ1) is 40.5. The van der Waals surface area contributed by atoms with Gasteiger partial charge in [-0.1, -0.05) is 311 Å². The van der Waals surface area contributed by atoms with Crippen molar-refractivity contribution >= 4 is 17.9 Å². The van der Waals surface area contributed by atoms with Crippen molar-refractivity contribution < 1.29 is 28.6 Å². The van der Waals surface area contributed by atoms with Crippen LogP contribution in [0.3, 0.4) is 0 Å². The minimum absolute atomic E-state index is 0.0781. The van der Waals surface area contributed by atoms with E-state index < -0.39 is 6.10 Å². The van der Waals surface area contributed by atoms with Crippen molar-refractivity contribution in [3.63, 3.8) is 0 Å². The first-order valence-corrected chi connectivity index (χ1v) is 35.6. The van der Waals surface area contributed by atoms with Crippen molar-refractivity contribution in [1.82, 2.24) is 0 Å². The molecule has 6 nitrogen and oxygen atoms in total. The smallest absolute Gasteiger partial charge is 0.306 e. The highest BCUT2D eigenvalue weighted by molar-refractivity contribution is 5.71. The first kappa shape index (κ1) is 78.6. The predicted octanol–water partition coefficient (Wildman–Crippen LogP) is 24.6. The summed E-state index contributed by atoms with van der Waals surface area (Å²) >= 11 is 0. The molecule has 0 N–H and O–H groups in total. The van der Waals surface area contributed by atoms with E-state index in [4.69, 9.17) is 14.2 Å². The number of rotatable bonds is 65.